The summed E-state index contributed by atoms with van der Waals surface area (Å²) in [6.45, 7) is 2.06. The van der Waals surface area contributed by atoms with E-state index in [1.165, 1.54) is 16.9 Å². The Morgan fingerprint density at radius 1 is 1.17 bits per heavy atom. The fourth-order valence-electron chi connectivity index (χ4n) is 2.41. The van der Waals surface area contributed by atoms with E-state index in [0.29, 0.717) is 5.75 Å². The zero-order valence-corrected chi connectivity index (χ0v) is 15.4. The Hall–Kier alpha value is -1.99. The Morgan fingerprint density at radius 2 is 1.92 bits per heavy atom. The number of methoxy groups -OCH3 is 2. The summed E-state index contributed by atoms with van der Waals surface area (Å²) < 4.78 is 12.2. The zero-order chi connectivity index (χ0) is 17.1. The van der Waals surface area contributed by atoms with E-state index in [2.05, 4.69) is 11.9 Å². The van der Waals surface area contributed by atoms with Crippen LogP contribution in [-0.2, 0) is 11.5 Å². The van der Waals surface area contributed by atoms with Gasteiger partial charge in [-0.1, -0.05) is 0 Å². The number of nitrogens with zero attached hydrogens (tertiary/aromatic N) is 2. The highest BCUT2D eigenvalue weighted by Crippen LogP contribution is 2.32. The summed E-state index contributed by atoms with van der Waals surface area (Å²) in [5.41, 5.74) is 3.12. The van der Waals surface area contributed by atoms with Crippen molar-refractivity contribution >= 4 is 28.1 Å². The third kappa shape index (κ3) is 3.42. The van der Waals surface area contributed by atoms with Crippen molar-refractivity contribution in [3.8, 4) is 11.5 Å². The van der Waals surface area contributed by atoms with Gasteiger partial charge in [0.25, 0.3) is 5.56 Å². The quantitative estimate of drug-likeness (QED) is 0.672. The van der Waals surface area contributed by atoms with Gasteiger partial charge in [-0.15, -0.1) is 11.3 Å². The third-order valence-electron chi connectivity index (χ3n) is 3.71. The first kappa shape index (κ1) is 16.9. The molecule has 0 unspecified atom stereocenters. The predicted octanol–water partition coefficient (Wildman–Crippen LogP) is 3.52. The molecule has 3 aromatic rings. The van der Waals surface area contributed by atoms with Gasteiger partial charge in [-0.25, -0.2) is 4.98 Å². The minimum Gasteiger partial charge on any atom is -0.493 e. The van der Waals surface area contributed by atoms with E-state index in [9.17, 15) is 4.79 Å². The van der Waals surface area contributed by atoms with E-state index in [1.807, 2.05) is 17.5 Å². The van der Waals surface area contributed by atoms with Crippen molar-refractivity contribution < 1.29 is 9.47 Å². The van der Waals surface area contributed by atoms with Crippen molar-refractivity contribution in [3.05, 3.63) is 57.0 Å². The Morgan fingerprint density at radius 3 is 2.67 bits per heavy atom. The first-order chi connectivity index (χ1) is 11.6. The smallest absolute Gasteiger partial charge is 0.258 e. The molecule has 0 aliphatic heterocycles. The molecule has 2 heterocycles. The molecule has 24 heavy (non-hydrogen) atoms. The van der Waals surface area contributed by atoms with Gasteiger partial charge in [0.15, 0.2) is 16.5 Å². The largest absolute Gasteiger partial charge is 0.493 e. The summed E-state index contributed by atoms with van der Waals surface area (Å²) in [6.07, 6.45) is 1.75. The molecule has 0 bridgehead atoms. The summed E-state index contributed by atoms with van der Waals surface area (Å²) in [7, 11) is 3.27. The van der Waals surface area contributed by atoms with Crippen LogP contribution in [0.1, 0.15) is 16.8 Å². The third-order valence-corrected chi connectivity index (χ3v) is 5.48. The molecule has 0 atom stereocenters. The first-order valence-electron chi connectivity index (χ1n) is 7.37. The monoisotopic (exact) mass is 362 g/mol. The molecule has 126 valence electrons. The van der Waals surface area contributed by atoms with Gasteiger partial charge in [-0.05, 0) is 30.2 Å². The number of ether oxygens (including phenoxy) is 2. The van der Waals surface area contributed by atoms with Crippen LogP contribution in [0.25, 0.3) is 4.96 Å². The van der Waals surface area contributed by atoms with Crippen LogP contribution < -0.4 is 15.0 Å². The minimum atomic E-state index is -0.0286. The second-order valence-electron chi connectivity index (χ2n) is 5.27. The molecule has 5 nitrogen and oxygen atoms in total. The van der Waals surface area contributed by atoms with Crippen LogP contribution in [0.5, 0.6) is 11.5 Å². The standard InChI is InChI=1S/C17H18N2O3S2/c1-11-6-14(21-2)15(22-3)7-12(11)9-23-10-13-8-16(20)19-4-5-24-17(19)18-13/h4-8H,9-10H2,1-3H3. The summed E-state index contributed by atoms with van der Waals surface area (Å²) in [5.74, 6) is 2.98. The minimum absolute atomic E-state index is 0.0286. The van der Waals surface area contributed by atoms with Gasteiger partial charge >= 0.3 is 0 Å². The summed E-state index contributed by atoms with van der Waals surface area (Å²) in [4.78, 5) is 17.3. The normalized spacial score (nSPS) is 11.0. The molecule has 0 fully saturated rings. The van der Waals surface area contributed by atoms with E-state index >= 15 is 0 Å². The molecule has 1 aromatic carbocycles. The van der Waals surface area contributed by atoms with Crippen LogP contribution in [0.4, 0.5) is 0 Å². The van der Waals surface area contributed by atoms with Crippen molar-refractivity contribution in [2.45, 2.75) is 18.4 Å². The fourth-order valence-corrected chi connectivity index (χ4v) is 4.13. The molecule has 0 aliphatic rings. The van der Waals surface area contributed by atoms with Gasteiger partial charge in [0.2, 0.25) is 0 Å². The van der Waals surface area contributed by atoms with E-state index in [0.717, 1.165) is 33.5 Å². The van der Waals surface area contributed by atoms with Crippen LogP contribution in [0.3, 0.4) is 0 Å². The van der Waals surface area contributed by atoms with E-state index in [-0.39, 0.29) is 5.56 Å². The molecule has 0 amide bonds. The van der Waals surface area contributed by atoms with Crippen LogP contribution in [0, 0.1) is 6.92 Å². The average molecular weight is 362 g/mol. The van der Waals surface area contributed by atoms with Crippen molar-refractivity contribution in [2.24, 2.45) is 0 Å². The van der Waals surface area contributed by atoms with Crippen LogP contribution in [0.2, 0.25) is 0 Å². The fraction of sp³-hybridized carbons (Fsp3) is 0.294. The lowest BCUT2D eigenvalue weighted by Gasteiger charge is -2.12. The number of hydrogen-bond donors (Lipinski definition) is 0. The maximum absolute atomic E-state index is 12.0. The molecule has 3 rings (SSSR count). The van der Waals surface area contributed by atoms with Gasteiger partial charge in [0.1, 0.15) is 0 Å². The van der Waals surface area contributed by atoms with Crippen LogP contribution in [-0.4, -0.2) is 23.6 Å². The van der Waals surface area contributed by atoms with Crippen LogP contribution in [0.15, 0.2) is 34.6 Å². The number of fused-ring (bicyclic) bond motifs is 1. The van der Waals surface area contributed by atoms with Gasteiger partial charge in [0.05, 0.1) is 19.9 Å². The summed E-state index contributed by atoms with van der Waals surface area (Å²) >= 11 is 3.19. The number of benzene rings is 1. The SMILES string of the molecule is COc1cc(C)c(CSCc2cc(=O)n3ccsc3n2)cc1OC. The Balaban J connectivity index is 1.72. The number of hydrogen-bond acceptors (Lipinski definition) is 6. The van der Waals surface area contributed by atoms with E-state index < -0.39 is 0 Å². The van der Waals surface area contributed by atoms with E-state index in [1.54, 1.807) is 42.6 Å². The molecule has 0 saturated carbocycles. The number of aryl methyl sites for hydroxylation is 1. The van der Waals surface area contributed by atoms with Crippen molar-refractivity contribution in [3.63, 3.8) is 0 Å². The van der Waals surface area contributed by atoms with Gasteiger partial charge in [-0.2, -0.15) is 11.8 Å². The highest BCUT2D eigenvalue weighted by molar-refractivity contribution is 7.97. The first-order valence-corrected chi connectivity index (χ1v) is 9.41. The predicted molar refractivity (Wildman–Crippen MR) is 98.6 cm³/mol. The maximum atomic E-state index is 12.0. The van der Waals surface area contributed by atoms with Crippen molar-refractivity contribution in [1.82, 2.24) is 9.38 Å². The second-order valence-corrected chi connectivity index (χ2v) is 7.13. The molecule has 0 N–H and O–H groups in total. The average Bonchev–Trinajstić information content (AvgIpc) is 3.05. The topological polar surface area (TPSA) is 52.8 Å². The molecular formula is C17H18N2O3S2. The maximum Gasteiger partial charge on any atom is 0.258 e. The molecular weight excluding hydrogens is 344 g/mol. The number of thiazole rings is 1. The molecule has 0 spiro atoms. The molecule has 0 radical (unpaired) electrons. The molecule has 0 saturated heterocycles. The Labute approximate surface area is 148 Å². The summed E-state index contributed by atoms with van der Waals surface area (Å²) in [6, 6.07) is 5.59. The van der Waals surface area contributed by atoms with Crippen LogP contribution >= 0.6 is 23.1 Å². The highest BCUT2D eigenvalue weighted by atomic mass is 32.2. The molecule has 2 aromatic heterocycles. The zero-order valence-electron chi connectivity index (χ0n) is 13.7. The van der Waals surface area contributed by atoms with Gasteiger partial charge in [-0.3, -0.25) is 9.20 Å². The molecule has 0 aliphatic carbocycles. The summed E-state index contributed by atoms with van der Waals surface area (Å²) in [5, 5.41) is 1.87. The second kappa shape index (κ2) is 7.27. The highest BCUT2D eigenvalue weighted by Gasteiger charge is 2.09. The lowest BCUT2D eigenvalue weighted by Crippen LogP contribution is -2.12. The Bertz CT molecular complexity index is 918. The number of aromatic nitrogens is 2. The number of rotatable bonds is 6. The van der Waals surface area contributed by atoms with Gasteiger partial charge in [0, 0.05) is 29.1 Å². The van der Waals surface area contributed by atoms with Gasteiger partial charge < -0.3 is 9.47 Å². The van der Waals surface area contributed by atoms with Crippen molar-refractivity contribution in [2.75, 3.05) is 14.2 Å². The Kier molecular flexibility index (Phi) is 5.11. The lowest BCUT2D eigenvalue weighted by atomic mass is 10.1. The number of thioether (sulfide) groups is 1. The van der Waals surface area contributed by atoms with E-state index in [4.69, 9.17) is 9.47 Å². The van der Waals surface area contributed by atoms with Crippen molar-refractivity contribution in [1.29, 1.82) is 0 Å². The molecule has 7 heteroatoms. The lowest BCUT2D eigenvalue weighted by molar-refractivity contribution is 0.354.